The fraction of sp³-hybridized carbons (Fsp3) is 0.500. The Morgan fingerprint density at radius 1 is 1.80 bits per heavy atom. The lowest BCUT2D eigenvalue weighted by Crippen LogP contribution is -1.59. The first kappa shape index (κ1) is 5.09. The molecule has 0 aliphatic carbocycles. The molecule has 0 aliphatic rings. The predicted molar refractivity (Wildman–Crippen MR) is 27.3 cm³/mol. The molecule has 0 rings (SSSR count). The minimum atomic E-state index is 0.809. The van der Waals surface area contributed by atoms with Crippen molar-refractivity contribution < 1.29 is 0 Å². The van der Waals surface area contributed by atoms with Crippen LogP contribution in [-0.2, 0) is 0 Å². The topological polar surface area (TPSA) is 0 Å². The monoisotopic (exact) mass is 87.0 g/mol. The van der Waals surface area contributed by atoms with E-state index in [2.05, 4.69) is 19.2 Å². The van der Waals surface area contributed by atoms with Gasteiger partial charge in [0.25, 0.3) is 0 Å². The van der Waals surface area contributed by atoms with Gasteiger partial charge >= 0.3 is 0 Å². The molecule has 0 aliphatic heterocycles. The predicted octanol–water partition coefficient (Wildman–Crippen LogP) is 1.76. The highest BCUT2D eigenvalue weighted by atomic mass is 32.1. The molecule has 0 saturated heterocycles. The second-order valence-corrected chi connectivity index (χ2v) is 1.19. The maximum Gasteiger partial charge on any atom is 0.00714 e. The summed E-state index contributed by atoms with van der Waals surface area (Å²) < 4.78 is 0. The van der Waals surface area contributed by atoms with Crippen LogP contribution in [-0.4, -0.2) is 5.75 Å². The van der Waals surface area contributed by atoms with Crippen LogP contribution in [0.5, 0.6) is 0 Å². The van der Waals surface area contributed by atoms with Crippen molar-refractivity contribution in [2.24, 2.45) is 0 Å². The molecular formula is C4H7S. The van der Waals surface area contributed by atoms with Crippen LogP contribution in [0.4, 0.5) is 0 Å². The number of allylic oxidation sites excluding steroid dienone is 1. The van der Waals surface area contributed by atoms with Gasteiger partial charge in [0.05, 0.1) is 0 Å². The van der Waals surface area contributed by atoms with Crippen LogP contribution in [0.15, 0.2) is 12.7 Å². The summed E-state index contributed by atoms with van der Waals surface area (Å²) in [6.07, 6.45) is 2.79. The fourth-order valence-electron chi connectivity index (χ4n) is 0.0833. The van der Waals surface area contributed by atoms with Gasteiger partial charge in [-0.05, 0) is 6.42 Å². The van der Waals surface area contributed by atoms with Gasteiger partial charge in [0.15, 0.2) is 0 Å². The van der Waals surface area contributed by atoms with E-state index in [0.717, 1.165) is 12.2 Å². The number of hydrogen-bond donors (Lipinski definition) is 0. The Bertz CT molecular complexity index is 24.8. The zero-order chi connectivity index (χ0) is 4.12. The Hall–Kier alpha value is 0.0900. The summed E-state index contributed by atoms with van der Waals surface area (Å²) in [5, 5.41) is 0. The van der Waals surface area contributed by atoms with Crippen LogP contribution in [0.1, 0.15) is 6.42 Å². The second-order valence-electron chi connectivity index (χ2n) is 0.781. The molecule has 5 heavy (non-hydrogen) atoms. The van der Waals surface area contributed by atoms with Crippen molar-refractivity contribution in [2.75, 3.05) is 5.75 Å². The Kier molecular flexibility index (Phi) is 4.16. The molecule has 0 amide bonds. The molecule has 1 heteroatoms. The molecule has 0 unspecified atom stereocenters. The molecule has 0 heterocycles. The first-order chi connectivity index (χ1) is 2.41. The largest absolute Gasteiger partial charge is 0.103 e. The van der Waals surface area contributed by atoms with Crippen molar-refractivity contribution in [1.82, 2.24) is 0 Å². The van der Waals surface area contributed by atoms with Gasteiger partial charge < -0.3 is 0 Å². The molecule has 0 aromatic heterocycles. The Balaban J connectivity index is 2.40. The van der Waals surface area contributed by atoms with E-state index in [4.69, 9.17) is 0 Å². The third-order valence-corrected chi connectivity index (χ3v) is 0.558. The maximum absolute atomic E-state index is 4.58. The number of rotatable bonds is 2. The summed E-state index contributed by atoms with van der Waals surface area (Å²) in [6.45, 7) is 3.48. The van der Waals surface area contributed by atoms with E-state index in [9.17, 15) is 0 Å². The lowest BCUT2D eigenvalue weighted by atomic mass is 10.5. The van der Waals surface area contributed by atoms with Gasteiger partial charge in [0.1, 0.15) is 0 Å². The molecule has 0 nitrogen and oxygen atoms in total. The zero-order valence-electron chi connectivity index (χ0n) is 3.11. The highest BCUT2D eigenvalue weighted by Gasteiger charge is 1.63. The third kappa shape index (κ3) is 4.09. The molecule has 0 fully saturated rings. The van der Waals surface area contributed by atoms with Crippen molar-refractivity contribution >= 4 is 12.6 Å². The lowest BCUT2D eigenvalue weighted by molar-refractivity contribution is 1.26. The smallest absolute Gasteiger partial charge is 0.00714 e. The second kappa shape index (κ2) is 4.09. The summed E-state index contributed by atoms with van der Waals surface area (Å²) >= 11 is 4.58. The fourth-order valence-corrected chi connectivity index (χ4v) is 0.250. The van der Waals surface area contributed by atoms with E-state index in [1.165, 1.54) is 0 Å². The van der Waals surface area contributed by atoms with E-state index >= 15 is 0 Å². The van der Waals surface area contributed by atoms with Crippen molar-refractivity contribution in [3.8, 4) is 0 Å². The van der Waals surface area contributed by atoms with E-state index < -0.39 is 0 Å². The Morgan fingerprint density at radius 2 is 2.40 bits per heavy atom. The Morgan fingerprint density at radius 3 is 2.40 bits per heavy atom. The molecule has 1 radical (unpaired) electrons. The zero-order valence-corrected chi connectivity index (χ0v) is 3.92. The molecule has 0 aromatic carbocycles. The van der Waals surface area contributed by atoms with Crippen LogP contribution in [0, 0.1) is 0 Å². The molecule has 0 bridgehead atoms. The summed E-state index contributed by atoms with van der Waals surface area (Å²) in [7, 11) is 0. The van der Waals surface area contributed by atoms with E-state index in [1.807, 2.05) is 6.08 Å². The van der Waals surface area contributed by atoms with Crippen LogP contribution < -0.4 is 0 Å². The summed E-state index contributed by atoms with van der Waals surface area (Å²) in [5.74, 6) is 0.809. The lowest BCUT2D eigenvalue weighted by Gasteiger charge is -1.71. The molecule has 0 aromatic rings. The van der Waals surface area contributed by atoms with Gasteiger partial charge in [-0.1, -0.05) is 18.7 Å². The van der Waals surface area contributed by atoms with Crippen molar-refractivity contribution in [3.63, 3.8) is 0 Å². The average Bonchev–Trinajstić information content (AvgIpc) is 1.41. The molecule has 0 atom stereocenters. The third-order valence-electron chi connectivity index (χ3n) is 0.322. The van der Waals surface area contributed by atoms with Crippen LogP contribution in [0.25, 0.3) is 0 Å². The van der Waals surface area contributed by atoms with E-state index in [-0.39, 0.29) is 0 Å². The minimum Gasteiger partial charge on any atom is -0.103 e. The molecule has 0 spiro atoms. The summed E-state index contributed by atoms with van der Waals surface area (Å²) in [5.41, 5.74) is 0. The van der Waals surface area contributed by atoms with Crippen molar-refractivity contribution in [1.29, 1.82) is 0 Å². The van der Waals surface area contributed by atoms with Gasteiger partial charge in [-0.25, -0.2) is 0 Å². The van der Waals surface area contributed by atoms with Crippen molar-refractivity contribution in [2.45, 2.75) is 6.42 Å². The SMILES string of the molecule is C=CCC[S]. The highest BCUT2D eigenvalue weighted by molar-refractivity contribution is 7.80. The van der Waals surface area contributed by atoms with E-state index in [1.54, 1.807) is 0 Å². The van der Waals surface area contributed by atoms with Gasteiger partial charge in [0, 0.05) is 5.75 Å². The van der Waals surface area contributed by atoms with Crippen LogP contribution in [0.2, 0.25) is 0 Å². The highest BCUT2D eigenvalue weighted by Crippen LogP contribution is 1.79. The molecule has 0 saturated carbocycles. The molecule has 0 N–H and O–H groups in total. The summed E-state index contributed by atoms with van der Waals surface area (Å²) in [4.78, 5) is 0. The molecule has 29 valence electrons. The first-order valence-corrected chi connectivity index (χ1v) is 2.18. The van der Waals surface area contributed by atoms with E-state index in [0.29, 0.717) is 0 Å². The quantitative estimate of drug-likeness (QED) is 0.450. The van der Waals surface area contributed by atoms with Gasteiger partial charge in [-0.15, -0.1) is 6.58 Å². The van der Waals surface area contributed by atoms with Crippen LogP contribution in [0.3, 0.4) is 0 Å². The van der Waals surface area contributed by atoms with Gasteiger partial charge in [-0.3, -0.25) is 0 Å². The average molecular weight is 87.2 g/mol. The van der Waals surface area contributed by atoms with Crippen molar-refractivity contribution in [3.05, 3.63) is 12.7 Å². The minimum absolute atomic E-state index is 0.809. The van der Waals surface area contributed by atoms with Crippen LogP contribution >= 0.6 is 12.6 Å². The van der Waals surface area contributed by atoms with Gasteiger partial charge in [-0.2, -0.15) is 0 Å². The summed E-state index contributed by atoms with van der Waals surface area (Å²) in [6, 6.07) is 0. The standard InChI is InChI=1S/C4H7S/c1-2-3-4-5/h2H,1,3-4H2. The molecular weight excluding hydrogens is 80.1 g/mol. The number of hydrogen-bond acceptors (Lipinski definition) is 0. The normalized spacial score (nSPS) is 7.40. The maximum atomic E-state index is 4.58. The Labute approximate surface area is 38.3 Å². The first-order valence-electron chi connectivity index (χ1n) is 1.61. The van der Waals surface area contributed by atoms with Gasteiger partial charge in [0.2, 0.25) is 0 Å².